The summed E-state index contributed by atoms with van der Waals surface area (Å²) in [5, 5.41) is 3.51. The molecule has 0 aromatic heterocycles. The van der Waals surface area contributed by atoms with Crippen LogP contribution in [0.4, 0.5) is 0 Å². The van der Waals surface area contributed by atoms with Crippen LogP contribution in [-0.2, 0) is 0 Å². The van der Waals surface area contributed by atoms with Gasteiger partial charge in [-0.3, -0.25) is 0 Å². The van der Waals surface area contributed by atoms with Gasteiger partial charge < -0.3 is 15.1 Å². The van der Waals surface area contributed by atoms with E-state index in [1.807, 2.05) is 0 Å². The molecule has 0 spiro atoms. The summed E-state index contributed by atoms with van der Waals surface area (Å²) in [6, 6.07) is 0. The molecule has 0 aliphatic carbocycles. The molecule has 2 rings (SSSR count). The van der Waals surface area contributed by atoms with Gasteiger partial charge in [-0.15, -0.1) is 0 Å². The summed E-state index contributed by atoms with van der Waals surface area (Å²) in [7, 11) is 0. The summed E-state index contributed by atoms with van der Waals surface area (Å²) >= 11 is 0. The Bertz CT molecular complexity index is 228. The fourth-order valence-electron chi connectivity index (χ4n) is 3.54. The van der Waals surface area contributed by atoms with Crippen LogP contribution >= 0.6 is 0 Å². The molecule has 0 bridgehead atoms. The van der Waals surface area contributed by atoms with E-state index in [1.165, 1.54) is 78.0 Å². The molecule has 106 valence electrons. The lowest BCUT2D eigenvalue weighted by Gasteiger charge is -2.43. The fraction of sp³-hybridized carbons (Fsp3) is 1.00. The maximum absolute atomic E-state index is 3.51. The number of rotatable bonds is 5. The lowest BCUT2D eigenvalue weighted by Crippen LogP contribution is -2.51. The highest BCUT2D eigenvalue weighted by atomic mass is 15.3. The van der Waals surface area contributed by atoms with Gasteiger partial charge in [-0.25, -0.2) is 0 Å². The smallest absolute Gasteiger partial charge is 0.0110 e. The Morgan fingerprint density at radius 3 is 2.11 bits per heavy atom. The zero-order chi connectivity index (χ0) is 12.8. The highest BCUT2D eigenvalue weighted by Gasteiger charge is 2.32. The van der Waals surface area contributed by atoms with Gasteiger partial charge in [0.25, 0.3) is 0 Å². The summed E-state index contributed by atoms with van der Waals surface area (Å²) in [5.74, 6) is 0. The van der Waals surface area contributed by atoms with E-state index in [2.05, 4.69) is 29.0 Å². The summed E-state index contributed by atoms with van der Waals surface area (Å²) in [5.41, 5.74) is 0.609. The number of hydrogen-bond donors (Lipinski definition) is 1. The van der Waals surface area contributed by atoms with Crippen molar-refractivity contribution in [3.05, 3.63) is 0 Å². The molecule has 3 nitrogen and oxygen atoms in total. The van der Waals surface area contributed by atoms with Crippen LogP contribution in [0, 0.1) is 5.41 Å². The van der Waals surface area contributed by atoms with Gasteiger partial charge in [-0.1, -0.05) is 13.8 Å². The lowest BCUT2D eigenvalue weighted by atomic mass is 9.76. The Morgan fingerprint density at radius 1 is 0.944 bits per heavy atom. The van der Waals surface area contributed by atoms with Crippen molar-refractivity contribution in [2.24, 2.45) is 5.41 Å². The largest absolute Gasteiger partial charge is 0.317 e. The van der Waals surface area contributed by atoms with Gasteiger partial charge in [0.15, 0.2) is 0 Å². The fourth-order valence-corrected chi connectivity index (χ4v) is 3.54. The predicted molar refractivity (Wildman–Crippen MR) is 78.0 cm³/mol. The highest BCUT2D eigenvalue weighted by Crippen LogP contribution is 2.33. The number of hydrogen-bond acceptors (Lipinski definition) is 3. The van der Waals surface area contributed by atoms with Gasteiger partial charge in [0.2, 0.25) is 0 Å². The van der Waals surface area contributed by atoms with Crippen molar-refractivity contribution in [1.82, 2.24) is 15.1 Å². The third kappa shape index (κ3) is 3.69. The molecular formula is C15H31N3. The van der Waals surface area contributed by atoms with Crippen LogP contribution < -0.4 is 5.32 Å². The minimum atomic E-state index is 0.609. The first-order valence-electron chi connectivity index (χ1n) is 7.93. The zero-order valence-electron chi connectivity index (χ0n) is 12.4. The minimum absolute atomic E-state index is 0.609. The first-order chi connectivity index (χ1) is 8.78. The maximum Gasteiger partial charge on any atom is 0.0110 e. The Kier molecular flexibility index (Phi) is 5.46. The van der Waals surface area contributed by atoms with Crippen LogP contribution in [-0.4, -0.2) is 62.2 Å². The van der Waals surface area contributed by atoms with Gasteiger partial charge in [0.05, 0.1) is 0 Å². The van der Waals surface area contributed by atoms with Crippen molar-refractivity contribution in [2.45, 2.75) is 39.5 Å². The Balaban J connectivity index is 1.79. The topological polar surface area (TPSA) is 18.5 Å². The van der Waals surface area contributed by atoms with E-state index in [1.54, 1.807) is 0 Å². The SMILES string of the molecule is CCCN1CCN(CC2(CC)CCNCC2)CC1. The van der Waals surface area contributed by atoms with E-state index >= 15 is 0 Å². The molecule has 2 heterocycles. The third-order valence-corrected chi connectivity index (χ3v) is 4.98. The van der Waals surface area contributed by atoms with Gasteiger partial charge in [-0.2, -0.15) is 0 Å². The normalized spacial score (nSPS) is 26.3. The second-order valence-electron chi connectivity index (χ2n) is 6.22. The molecule has 0 amide bonds. The quantitative estimate of drug-likeness (QED) is 0.806. The van der Waals surface area contributed by atoms with Crippen molar-refractivity contribution in [3.63, 3.8) is 0 Å². The average molecular weight is 253 g/mol. The van der Waals surface area contributed by atoms with Crippen LogP contribution in [0.5, 0.6) is 0 Å². The molecule has 0 radical (unpaired) electrons. The molecule has 2 aliphatic heterocycles. The Morgan fingerprint density at radius 2 is 1.56 bits per heavy atom. The van der Waals surface area contributed by atoms with Crippen LogP contribution in [0.25, 0.3) is 0 Å². The monoisotopic (exact) mass is 253 g/mol. The van der Waals surface area contributed by atoms with E-state index in [0.717, 1.165) is 0 Å². The molecule has 0 aromatic carbocycles. The standard InChI is InChI=1S/C15H31N3/c1-3-9-17-10-12-18(13-11-17)14-15(4-2)5-7-16-8-6-15/h16H,3-14H2,1-2H3. The molecule has 3 heteroatoms. The molecule has 0 aromatic rings. The van der Waals surface area contributed by atoms with E-state index in [9.17, 15) is 0 Å². The second kappa shape index (κ2) is 6.88. The third-order valence-electron chi connectivity index (χ3n) is 4.98. The van der Waals surface area contributed by atoms with E-state index in [0.29, 0.717) is 5.41 Å². The van der Waals surface area contributed by atoms with Crippen LogP contribution in [0.15, 0.2) is 0 Å². The van der Waals surface area contributed by atoms with Crippen molar-refractivity contribution in [3.8, 4) is 0 Å². The van der Waals surface area contributed by atoms with Crippen LogP contribution in [0.2, 0.25) is 0 Å². The average Bonchev–Trinajstić information content (AvgIpc) is 2.42. The van der Waals surface area contributed by atoms with Gasteiger partial charge in [0.1, 0.15) is 0 Å². The molecule has 1 N–H and O–H groups in total. The number of nitrogens with one attached hydrogen (secondary N) is 1. The molecule has 2 aliphatic rings. The van der Waals surface area contributed by atoms with Crippen molar-refractivity contribution >= 4 is 0 Å². The second-order valence-corrected chi connectivity index (χ2v) is 6.22. The van der Waals surface area contributed by atoms with Crippen molar-refractivity contribution in [1.29, 1.82) is 0 Å². The minimum Gasteiger partial charge on any atom is -0.317 e. The van der Waals surface area contributed by atoms with Crippen LogP contribution in [0.1, 0.15) is 39.5 Å². The Hall–Kier alpha value is -0.120. The molecule has 2 saturated heterocycles. The van der Waals surface area contributed by atoms with Gasteiger partial charge >= 0.3 is 0 Å². The lowest BCUT2D eigenvalue weighted by molar-refractivity contribution is 0.0640. The van der Waals surface area contributed by atoms with Gasteiger partial charge in [-0.05, 0) is 50.7 Å². The zero-order valence-corrected chi connectivity index (χ0v) is 12.4. The van der Waals surface area contributed by atoms with E-state index in [4.69, 9.17) is 0 Å². The van der Waals surface area contributed by atoms with Crippen molar-refractivity contribution in [2.75, 3.05) is 52.4 Å². The molecule has 0 unspecified atom stereocenters. The predicted octanol–water partition coefficient (Wildman–Crippen LogP) is 1.79. The summed E-state index contributed by atoms with van der Waals surface area (Å²) in [4.78, 5) is 5.35. The highest BCUT2D eigenvalue weighted by molar-refractivity contribution is 4.87. The van der Waals surface area contributed by atoms with E-state index < -0.39 is 0 Å². The molecule has 0 saturated carbocycles. The van der Waals surface area contributed by atoms with Crippen LogP contribution in [0.3, 0.4) is 0 Å². The number of nitrogens with zero attached hydrogens (tertiary/aromatic N) is 2. The van der Waals surface area contributed by atoms with E-state index in [-0.39, 0.29) is 0 Å². The molecular weight excluding hydrogens is 222 g/mol. The summed E-state index contributed by atoms with van der Waals surface area (Å²) in [6.45, 7) is 14.9. The number of piperazine rings is 1. The first kappa shape index (κ1) is 14.3. The summed E-state index contributed by atoms with van der Waals surface area (Å²) < 4.78 is 0. The van der Waals surface area contributed by atoms with Gasteiger partial charge in [0, 0.05) is 32.7 Å². The first-order valence-corrected chi connectivity index (χ1v) is 7.93. The maximum atomic E-state index is 3.51. The molecule has 0 atom stereocenters. The Labute approximate surface area is 113 Å². The molecule has 2 fully saturated rings. The van der Waals surface area contributed by atoms with Crippen molar-refractivity contribution < 1.29 is 0 Å². The molecule has 18 heavy (non-hydrogen) atoms. The number of piperidine rings is 1. The summed E-state index contributed by atoms with van der Waals surface area (Å²) in [6.07, 6.45) is 5.39.